The summed E-state index contributed by atoms with van der Waals surface area (Å²) in [4.78, 5) is 36.1. The zero-order valence-electron chi connectivity index (χ0n) is 19.1. The van der Waals surface area contributed by atoms with Crippen molar-refractivity contribution in [3.8, 4) is 0 Å². The van der Waals surface area contributed by atoms with Crippen LogP contribution >= 0.6 is 26.8 Å². The van der Waals surface area contributed by atoms with Crippen LogP contribution in [0.4, 0.5) is 5.82 Å². The molecule has 6 N–H and O–H groups in total. The molecule has 2 aliphatic rings. The fourth-order valence-corrected chi connectivity index (χ4v) is 7.12. The lowest BCUT2D eigenvalue weighted by atomic mass is 9.93. The summed E-state index contributed by atoms with van der Waals surface area (Å²) in [6, 6.07) is 0.116. The topological polar surface area (TPSA) is 218 Å². The number of nitrogens with zero attached hydrogens (tertiary/aromatic N) is 4. The monoisotopic (exact) mass is 571 g/mol. The minimum atomic E-state index is -4.82. The van der Waals surface area contributed by atoms with E-state index < -0.39 is 52.1 Å². The van der Waals surface area contributed by atoms with Crippen LogP contribution in [-0.4, -0.2) is 94.6 Å². The summed E-state index contributed by atoms with van der Waals surface area (Å²) in [5, 5.41) is 28.4. The Kier molecular flexibility index (Phi) is 8.40. The fourth-order valence-electron chi connectivity index (χ4n) is 4.39. The molecule has 2 aromatic rings. The molecule has 0 bridgehead atoms. The number of rotatable bonds is 9. The summed E-state index contributed by atoms with van der Waals surface area (Å²) in [6.07, 6.45) is -0.391. The molecule has 0 amide bonds. The number of aromatic nitrogens is 4. The molecule has 1 unspecified atom stereocenters. The van der Waals surface area contributed by atoms with E-state index in [4.69, 9.17) is 35.4 Å². The van der Waals surface area contributed by atoms with Gasteiger partial charge >= 0.3 is 15.2 Å². The second-order valence-corrected chi connectivity index (χ2v) is 13.1. The smallest absolute Gasteiger partial charge is 0.340 e. The van der Waals surface area contributed by atoms with Crippen molar-refractivity contribution in [1.29, 1.82) is 0 Å². The highest BCUT2D eigenvalue weighted by molar-refractivity contribution is 7.70. The van der Waals surface area contributed by atoms with E-state index in [1.165, 1.54) is 10.7 Å². The molecule has 5 atom stereocenters. The van der Waals surface area contributed by atoms with Crippen molar-refractivity contribution >= 4 is 38.3 Å². The number of aliphatic hydroxyl groups excluding tert-OH is 2. The van der Waals surface area contributed by atoms with Crippen molar-refractivity contribution in [2.24, 2.45) is 0 Å². The van der Waals surface area contributed by atoms with E-state index in [1.54, 1.807) is 7.11 Å². The number of nitrogens with one attached hydrogen (secondary N) is 1. The maximum absolute atomic E-state index is 11.9. The molecule has 1 saturated heterocycles. The second kappa shape index (κ2) is 10.9. The van der Waals surface area contributed by atoms with Crippen molar-refractivity contribution in [3.63, 3.8) is 0 Å². The molecule has 2 aromatic heterocycles. The Labute approximate surface area is 210 Å². The van der Waals surface area contributed by atoms with Gasteiger partial charge in [0.15, 0.2) is 17.4 Å². The van der Waals surface area contributed by atoms with Gasteiger partial charge in [-0.15, -0.1) is 5.10 Å². The van der Waals surface area contributed by atoms with E-state index in [2.05, 4.69) is 20.4 Å². The number of aliphatic hydroxyl groups is 2. The first-order valence-electron chi connectivity index (χ1n) is 11.1. The Morgan fingerprint density at radius 3 is 2.53 bits per heavy atom. The third-order valence-corrected chi connectivity index (χ3v) is 9.78. The molecule has 2 fully saturated rings. The first-order valence-corrected chi connectivity index (χ1v) is 15.0. The predicted molar refractivity (Wildman–Crippen MR) is 125 cm³/mol. The number of hydrogen-bond donors (Lipinski definition) is 6. The van der Waals surface area contributed by atoms with Gasteiger partial charge in [0.25, 0.3) is 0 Å². The first kappa shape index (κ1) is 27.8. The maximum Gasteiger partial charge on any atom is 0.340 e. The summed E-state index contributed by atoms with van der Waals surface area (Å²) in [7, 11) is -7.81. The molecule has 4 rings (SSSR count). The van der Waals surface area contributed by atoms with Crippen LogP contribution in [-0.2, 0) is 23.1 Å². The summed E-state index contributed by atoms with van der Waals surface area (Å²) in [5.74, 6) is -1.01. The van der Waals surface area contributed by atoms with Gasteiger partial charge < -0.3 is 44.2 Å². The Morgan fingerprint density at radius 2 is 1.89 bits per heavy atom. The standard InChI is InChI=1S/C18H28ClN5O10P2/c1-32-10-4-2-9(3-5-10)21-16-17-20-6-11(24(17)23-18(19)22-16)15-14(26)13(25)12(34-15)7-33-36(30,31)8-35(27,28)29/h6,9-10,12-15,25-26H,2-5,7-8H2,1H3,(H,30,31)(H,21,22,23)(H2,27,28,29)/t9?,10?,12-,13-,14-,15+/m1/s1. The van der Waals surface area contributed by atoms with Crippen LogP contribution < -0.4 is 5.32 Å². The van der Waals surface area contributed by atoms with Gasteiger partial charge in [-0.2, -0.15) is 4.98 Å². The molecule has 18 heteroatoms. The summed E-state index contributed by atoms with van der Waals surface area (Å²) >= 11 is 6.14. The number of ether oxygens (including phenoxy) is 2. The summed E-state index contributed by atoms with van der Waals surface area (Å²) in [5.41, 5.74) is 0.548. The Bertz CT molecular complexity index is 1170. The molecule has 0 radical (unpaired) electrons. The largest absolute Gasteiger partial charge is 0.387 e. The Hall–Kier alpha value is -1.22. The molecular weight excluding hydrogens is 544 g/mol. The molecule has 3 heterocycles. The molecule has 1 aliphatic heterocycles. The lowest BCUT2D eigenvalue weighted by Crippen LogP contribution is -2.33. The molecule has 1 aliphatic carbocycles. The van der Waals surface area contributed by atoms with Crippen LogP contribution in [0.25, 0.3) is 5.65 Å². The van der Waals surface area contributed by atoms with Gasteiger partial charge in [0, 0.05) is 13.2 Å². The second-order valence-electron chi connectivity index (χ2n) is 8.82. The lowest BCUT2D eigenvalue weighted by molar-refractivity contribution is -0.0204. The number of methoxy groups -OCH3 is 1. The maximum atomic E-state index is 11.9. The van der Waals surface area contributed by atoms with E-state index in [0.717, 1.165) is 25.7 Å². The van der Waals surface area contributed by atoms with Crippen LogP contribution in [0, 0.1) is 0 Å². The van der Waals surface area contributed by atoms with E-state index in [-0.39, 0.29) is 23.1 Å². The van der Waals surface area contributed by atoms with Gasteiger partial charge in [-0.3, -0.25) is 9.13 Å². The van der Waals surface area contributed by atoms with E-state index in [9.17, 15) is 24.2 Å². The molecule has 0 spiro atoms. The number of hydrogen-bond acceptors (Lipinski definition) is 11. The third kappa shape index (κ3) is 6.43. The van der Waals surface area contributed by atoms with E-state index in [1.807, 2.05) is 0 Å². The Balaban J connectivity index is 1.50. The molecule has 15 nitrogen and oxygen atoms in total. The average Bonchev–Trinajstić information content (AvgIpc) is 3.32. The van der Waals surface area contributed by atoms with Crippen LogP contribution in [0.5, 0.6) is 0 Å². The molecule has 1 saturated carbocycles. The third-order valence-electron chi connectivity index (χ3n) is 6.17. The van der Waals surface area contributed by atoms with Crippen LogP contribution in [0.15, 0.2) is 6.20 Å². The fraction of sp³-hybridized carbons (Fsp3) is 0.722. The van der Waals surface area contributed by atoms with Gasteiger partial charge in [0.05, 0.1) is 24.6 Å². The summed E-state index contributed by atoms with van der Waals surface area (Å²) < 4.78 is 40.1. The van der Waals surface area contributed by atoms with Crippen LogP contribution in [0.2, 0.25) is 5.28 Å². The zero-order chi connectivity index (χ0) is 26.3. The predicted octanol–water partition coefficient (Wildman–Crippen LogP) is 0.646. The number of halogens is 1. The normalized spacial score (nSPS) is 31.0. The van der Waals surface area contributed by atoms with Gasteiger partial charge in [0.2, 0.25) is 5.28 Å². The summed E-state index contributed by atoms with van der Waals surface area (Å²) in [6.45, 7) is -0.702. The first-order chi connectivity index (χ1) is 16.9. The zero-order valence-corrected chi connectivity index (χ0v) is 21.7. The molecule has 0 aromatic carbocycles. The minimum absolute atomic E-state index is 0.0959. The van der Waals surface area contributed by atoms with Crippen molar-refractivity contribution < 1.29 is 48.0 Å². The van der Waals surface area contributed by atoms with E-state index >= 15 is 0 Å². The van der Waals surface area contributed by atoms with Crippen molar-refractivity contribution in [2.75, 3.05) is 24.9 Å². The highest BCUT2D eigenvalue weighted by atomic mass is 35.5. The van der Waals surface area contributed by atoms with Crippen LogP contribution in [0.3, 0.4) is 0 Å². The van der Waals surface area contributed by atoms with Crippen molar-refractivity contribution in [2.45, 2.75) is 62.2 Å². The number of imidazole rings is 1. The minimum Gasteiger partial charge on any atom is -0.387 e. The molecule has 202 valence electrons. The average molecular weight is 572 g/mol. The van der Waals surface area contributed by atoms with Crippen molar-refractivity contribution in [1.82, 2.24) is 19.6 Å². The van der Waals surface area contributed by atoms with Crippen molar-refractivity contribution in [3.05, 3.63) is 17.2 Å². The van der Waals surface area contributed by atoms with Crippen LogP contribution in [0.1, 0.15) is 37.5 Å². The highest BCUT2D eigenvalue weighted by Gasteiger charge is 2.46. The van der Waals surface area contributed by atoms with Gasteiger partial charge in [0.1, 0.15) is 24.4 Å². The molecule has 36 heavy (non-hydrogen) atoms. The van der Waals surface area contributed by atoms with Gasteiger partial charge in [-0.25, -0.2) is 9.50 Å². The quantitative estimate of drug-likeness (QED) is 0.228. The van der Waals surface area contributed by atoms with Gasteiger partial charge in [-0.1, -0.05) is 0 Å². The Morgan fingerprint density at radius 1 is 1.19 bits per heavy atom. The SMILES string of the molecule is COC1CCC(Nc2nc(Cl)nn3c([C@@H]4O[C@H](COP(=O)(O)CP(=O)(O)O)[C@@H](O)[C@H]4O)cnc23)CC1. The number of fused-ring (bicyclic) bond motifs is 1. The van der Waals surface area contributed by atoms with E-state index in [0.29, 0.717) is 11.5 Å². The van der Waals surface area contributed by atoms with Gasteiger partial charge in [-0.05, 0) is 37.3 Å². The number of anilines is 1. The lowest BCUT2D eigenvalue weighted by Gasteiger charge is -2.28. The molecular formula is C18H28ClN5O10P2. The highest BCUT2D eigenvalue weighted by Crippen LogP contribution is 2.55.